The molecule has 0 amide bonds. The topological polar surface area (TPSA) is 12.0 Å². The molecule has 2 atom stereocenters. The van der Waals surface area contributed by atoms with E-state index in [1.165, 1.54) is 35.3 Å². The van der Waals surface area contributed by atoms with Crippen LogP contribution in [0.2, 0.25) is 0 Å². The maximum Gasteiger partial charge on any atom is 0.0302 e. The smallest absolute Gasteiger partial charge is 0.0302 e. The van der Waals surface area contributed by atoms with Gasteiger partial charge in [0.15, 0.2) is 0 Å². The van der Waals surface area contributed by atoms with Crippen molar-refractivity contribution in [2.75, 3.05) is 6.26 Å². The van der Waals surface area contributed by atoms with E-state index >= 15 is 0 Å². The summed E-state index contributed by atoms with van der Waals surface area (Å²) in [5.74, 6) is 0. The van der Waals surface area contributed by atoms with Gasteiger partial charge in [-0.3, -0.25) is 0 Å². The lowest BCUT2D eigenvalue weighted by molar-refractivity contribution is 0.528. The summed E-state index contributed by atoms with van der Waals surface area (Å²) in [7, 11) is 0. The van der Waals surface area contributed by atoms with Gasteiger partial charge in [-0.2, -0.15) is 11.8 Å². The number of thiophene rings is 1. The van der Waals surface area contributed by atoms with E-state index in [1.54, 1.807) is 0 Å². The molecule has 20 heavy (non-hydrogen) atoms. The third kappa shape index (κ3) is 3.46. The normalized spacial score (nSPS) is 22.2. The highest BCUT2D eigenvalue weighted by atomic mass is 32.2. The van der Waals surface area contributed by atoms with Crippen molar-refractivity contribution in [1.82, 2.24) is 5.32 Å². The van der Waals surface area contributed by atoms with Gasteiger partial charge in [-0.05, 0) is 48.1 Å². The molecule has 1 fully saturated rings. The Morgan fingerprint density at radius 2 is 2.05 bits per heavy atom. The molecule has 1 aliphatic carbocycles. The maximum absolute atomic E-state index is 3.72. The largest absolute Gasteiger partial charge is 0.309 e. The third-order valence-corrected chi connectivity index (χ3v) is 6.08. The van der Waals surface area contributed by atoms with Crippen molar-refractivity contribution >= 4 is 23.1 Å². The van der Waals surface area contributed by atoms with Crippen LogP contribution in [0, 0.1) is 0 Å². The first-order valence-electron chi connectivity index (χ1n) is 7.24. The van der Waals surface area contributed by atoms with Crippen LogP contribution in [-0.4, -0.2) is 17.5 Å². The Labute approximate surface area is 129 Å². The summed E-state index contributed by atoms with van der Waals surface area (Å²) in [6.45, 7) is 1.02. The number of hydrogen-bond acceptors (Lipinski definition) is 3. The summed E-state index contributed by atoms with van der Waals surface area (Å²) < 4.78 is 0. The summed E-state index contributed by atoms with van der Waals surface area (Å²) in [5, 5.41) is 6.86. The maximum atomic E-state index is 3.72. The molecule has 2 unspecified atom stereocenters. The van der Waals surface area contributed by atoms with Gasteiger partial charge in [0, 0.05) is 22.7 Å². The highest BCUT2D eigenvalue weighted by Gasteiger charge is 2.23. The lowest BCUT2D eigenvalue weighted by Gasteiger charge is -2.11. The summed E-state index contributed by atoms with van der Waals surface area (Å²) in [4.78, 5) is 1.44. The van der Waals surface area contributed by atoms with Crippen LogP contribution in [0.15, 0.2) is 41.8 Å². The Kier molecular flexibility index (Phi) is 4.81. The van der Waals surface area contributed by atoms with E-state index in [0.29, 0.717) is 0 Å². The van der Waals surface area contributed by atoms with Gasteiger partial charge in [-0.1, -0.05) is 30.3 Å². The summed E-state index contributed by atoms with van der Waals surface area (Å²) in [6, 6.07) is 13.7. The number of thioether (sulfide) groups is 1. The molecular weight excluding hydrogens is 282 g/mol. The van der Waals surface area contributed by atoms with Crippen LogP contribution in [-0.2, 0) is 6.54 Å². The van der Waals surface area contributed by atoms with Crippen LogP contribution in [0.25, 0.3) is 11.1 Å². The summed E-state index contributed by atoms with van der Waals surface area (Å²) in [5.41, 5.74) is 2.67. The zero-order valence-electron chi connectivity index (χ0n) is 11.8. The van der Waals surface area contributed by atoms with Crippen molar-refractivity contribution in [3.8, 4) is 11.1 Å². The van der Waals surface area contributed by atoms with Crippen molar-refractivity contribution in [1.29, 1.82) is 0 Å². The van der Waals surface area contributed by atoms with Gasteiger partial charge in [-0.15, -0.1) is 11.3 Å². The molecule has 1 heterocycles. The SMILES string of the molecule is CSC1CCC(NCc2cc(-c3ccccc3)cs2)C1. The van der Waals surface area contributed by atoms with Crippen LogP contribution in [0.3, 0.4) is 0 Å². The zero-order chi connectivity index (χ0) is 13.8. The molecule has 0 bridgehead atoms. The molecule has 1 N–H and O–H groups in total. The number of rotatable bonds is 5. The summed E-state index contributed by atoms with van der Waals surface area (Å²) in [6.07, 6.45) is 6.28. The van der Waals surface area contributed by atoms with Gasteiger partial charge in [0.2, 0.25) is 0 Å². The highest BCUT2D eigenvalue weighted by Crippen LogP contribution is 2.29. The molecule has 2 aromatic rings. The Morgan fingerprint density at radius 1 is 1.20 bits per heavy atom. The molecule has 1 nitrogen and oxygen atoms in total. The standard InChI is InChI=1S/C17H21NS2/c1-19-16-8-7-15(10-16)18-11-17-9-14(12-20-17)13-5-3-2-4-6-13/h2-6,9,12,15-16,18H,7-8,10-11H2,1H3. The number of hydrogen-bond donors (Lipinski definition) is 1. The molecule has 0 radical (unpaired) electrons. The minimum atomic E-state index is 0.717. The minimum Gasteiger partial charge on any atom is -0.309 e. The van der Waals surface area contributed by atoms with Crippen molar-refractivity contribution in [2.24, 2.45) is 0 Å². The van der Waals surface area contributed by atoms with Crippen molar-refractivity contribution in [3.63, 3.8) is 0 Å². The lowest BCUT2D eigenvalue weighted by atomic mass is 10.1. The Bertz CT molecular complexity index is 535. The zero-order valence-corrected chi connectivity index (χ0v) is 13.5. The second-order valence-corrected chi connectivity index (χ2v) is 7.55. The second kappa shape index (κ2) is 6.79. The first-order chi connectivity index (χ1) is 9.85. The van der Waals surface area contributed by atoms with Gasteiger partial charge in [-0.25, -0.2) is 0 Å². The van der Waals surface area contributed by atoms with E-state index in [9.17, 15) is 0 Å². The van der Waals surface area contributed by atoms with Gasteiger partial charge in [0.05, 0.1) is 0 Å². The van der Waals surface area contributed by atoms with Crippen molar-refractivity contribution < 1.29 is 0 Å². The Hall–Kier alpha value is -0.770. The number of nitrogens with one attached hydrogen (secondary N) is 1. The van der Waals surface area contributed by atoms with Crippen LogP contribution in [0.5, 0.6) is 0 Å². The van der Waals surface area contributed by atoms with Gasteiger partial charge in [0.25, 0.3) is 0 Å². The van der Waals surface area contributed by atoms with Gasteiger partial charge < -0.3 is 5.32 Å². The molecule has 1 aromatic heterocycles. The molecule has 0 spiro atoms. The first kappa shape index (κ1) is 14.2. The van der Waals surface area contributed by atoms with Crippen molar-refractivity contribution in [2.45, 2.75) is 37.1 Å². The molecule has 1 aliphatic rings. The van der Waals surface area contributed by atoms with E-state index in [2.05, 4.69) is 53.4 Å². The molecule has 0 aliphatic heterocycles. The van der Waals surface area contributed by atoms with Gasteiger partial charge in [0.1, 0.15) is 0 Å². The first-order valence-corrected chi connectivity index (χ1v) is 9.41. The van der Waals surface area contributed by atoms with Crippen LogP contribution in [0.1, 0.15) is 24.1 Å². The van der Waals surface area contributed by atoms with Crippen LogP contribution < -0.4 is 5.32 Å². The fourth-order valence-corrected chi connectivity index (χ4v) is 4.48. The number of benzene rings is 1. The predicted octanol–water partition coefficient (Wildman–Crippen LogP) is 4.79. The van der Waals surface area contributed by atoms with Crippen LogP contribution in [0.4, 0.5) is 0 Å². The van der Waals surface area contributed by atoms with E-state index in [-0.39, 0.29) is 0 Å². The van der Waals surface area contributed by atoms with E-state index in [1.807, 2.05) is 23.1 Å². The lowest BCUT2D eigenvalue weighted by Crippen LogP contribution is -2.25. The molecule has 0 saturated heterocycles. The summed E-state index contributed by atoms with van der Waals surface area (Å²) >= 11 is 3.89. The molecular formula is C17H21NS2. The fraction of sp³-hybridized carbons (Fsp3) is 0.412. The Morgan fingerprint density at radius 3 is 2.80 bits per heavy atom. The third-order valence-electron chi connectivity index (χ3n) is 4.04. The van der Waals surface area contributed by atoms with Crippen molar-refractivity contribution in [3.05, 3.63) is 46.7 Å². The average molecular weight is 303 g/mol. The molecule has 1 saturated carbocycles. The van der Waals surface area contributed by atoms with E-state index in [0.717, 1.165) is 17.8 Å². The van der Waals surface area contributed by atoms with Crippen LogP contribution >= 0.6 is 23.1 Å². The molecule has 106 valence electrons. The second-order valence-electron chi connectivity index (χ2n) is 5.42. The monoisotopic (exact) mass is 303 g/mol. The highest BCUT2D eigenvalue weighted by molar-refractivity contribution is 7.99. The average Bonchev–Trinajstić information content (AvgIpc) is 3.15. The quantitative estimate of drug-likeness (QED) is 0.852. The molecule has 1 aromatic carbocycles. The van der Waals surface area contributed by atoms with Gasteiger partial charge >= 0.3 is 0 Å². The Balaban J connectivity index is 1.56. The molecule has 3 rings (SSSR count). The minimum absolute atomic E-state index is 0.717. The fourth-order valence-electron chi connectivity index (χ4n) is 2.84. The van der Waals surface area contributed by atoms with E-state index < -0.39 is 0 Å². The predicted molar refractivity (Wildman–Crippen MR) is 91.5 cm³/mol. The molecule has 3 heteroatoms. The van der Waals surface area contributed by atoms with E-state index in [4.69, 9.17) is 0 Å².